The maximum absolute atomic E-state index is 13.8. The molecule has 0 bridgehead atoms. The van der Waals surface area contributed by atoms with Crippen LogP contribution in [0, 0.1) is 23.7 Å². The first-order chi connectivity index (χ1) is 18.9. The summed E-state index contributed by atoms with van der Waals surface area (Å²) in [7, 11) is 3.05. The molecule has 2 unspecified atom stereocenters. The Morgan fingerprint density at radius 1 is 1.15 bits per heavy atom. The number of hydrogen-bond donors (Lipinski definition) is 4. The molecule has 1 aromatic heterocycles. The van der Waals surface area contributed by atoms with E-state index in [2.05, 4.69) is 10.3 Å². The lowest BCUT2D eigenvalue weighted by Gasteiger charge is -2.52. The number of nitrogens with zero attached hydrogens (tertiary/aromatic N) is 2. The second-order valence-electron chi connectivity index (χ2n) is 10.8. The molecule has 12 heteroatoms. The molecule has 6 atom stereocenters. The van der Waals surface area contributed by atoms with Crippen LogP contribution in [0.1, 0.15) is 38.3 Å². The summed E-state index contributed by atoms with van der Waals surface area (Å²) in [6.45, 7) is 0.0138. The van der Waals surface area contributed by atoms with E-state index in [0.29, 0.717) is 16.7 Å². The number of phenols is 1. The van der Waals surface area contributed by atoms with Gasteiger partial charge in [-0.25, -0.2) is 0 Å². The SMILES string of the molecule is CN(C)[C@@H]1C(=O)C(C(N)=O)C(=O)[C@@]2(O)C(=O)C3C(=O)c4c(O)ccc(CNC(=O)c5cccnc5)c4C[C@H]3C[C@@H]12. The molecular formula is C28H28N4O8. The van der Waals surface area contributed by atoms with Crippen molar-refractivity contribution in [1.29, 1.82) is 0 Å². The Morgan fingerprint density at radius 2 is 1.88 bits per heavy atom. The van der Waals surface area contributed by atoms with E-state index in [0.717, 1.165) is 0 Å². The Bertz CT molecular complexity index is 1470. The standard InChI is InChI=1S/C28H28N4O8/c1-32(2)21-16-9-14-8-15-12(11-31-27(39)13-4-3-7-30-10-13)5-6-17(33)19(15)22(34)18(14)24(36)28(16,40)25(37)20(23(21)35)26(29)38/h3-7,10,14,16,18,20-21,33,40H,8-9,11H2,1-2H3,(H2,29,38)(H,31,39)/t14-,16-,18?,20?,21-,28-/m0/s1. The quantitative estimate of drug-likeness (QED) is 0.343. The number of hydrogen-bond acceptors (Lipinski definition) is 10. The number of benzene rings is 1. The van der Waals surface area contributed by atoms with Gasteiger partial charge in [0.25, 0.3) is 5.91 Å². The topological polar surface area (TPSA) is 197 Å². The van der Waals surface area contributed by atoms with Crippen LogP contribution in [0.15, 0.2) is 36.7 Å². The van der Waals surface area contributed by atoms with E-state index in [9.17, 15) is 39.0 Å². The van der Waals surface area contributed by atoms with E-state index in [-0.39, 0.29) is 30.7 Å². The Kier molecular flexibility index (Phi) is 6.63. The molecule has 3 aliphatic carbocycles. The minimum absolute atomic E-state index is 0.0138. The molecule has 12 nitrogen and oxygen atoms in total. The molecule has 5 rings (SSSR count). The van der Waals surface area contributed by atoms with Gasteiger partial charge in [-0.1, -0.05) is 6.07 Å². The van der Waals surface area contributed by atoms with Gasteiger partial charge in [-0.3, -0.25) is 38.7 Å². The lowest BCUT2D eigenvalue weighted by atomic mass is 9.52. The van der Waals surface area contributed by atoms with Gasteiger partial charge in [-0.2, -0.15) is 0 Å². The number of primary amides is 1. The van der Waals surface area contributed by atoms with Crippen LogP contribution in [0.4, 0.5) is 0 Å². The van der Waals surface area contributed by atoms with Crippen molar-refractivity contribution in [2.45, 2.75) is 31.0 Å². The first kappa shape index (κ1) is 27.3. The molecule has 0 aliphatic heterocycles. The second-order valence-corrected chi connectivity index (χ2v) is 10.8. The average Bonchev–Trinajstić information content (AvgIpc) is 2.90. The van der Waals surface area contributed by atoms with E-state index in [1.54, 1.807) is 18.2 Å². The number of phenolic OH excluding ortho intramolecular Hbond substituents is 1. The zero-order chi connectivity index (χ0) is 29.1. The van der Waals surface area contributed by atoms with Crippen molar-refractivity contribution in [3.8, 4) is 5.75 Å². The molecule has 0 spiro atoms. The van der Waals surface area contributed by atoms with Gasteiger partial charge in [0.15, 0.2) is 34.7 Å². The van der Waals surface area contributed by atoms with Gasteiger partial charge in [-0.15, -0.1) is 0 Å². The normalized spacial score (nSPS) is 29.4. The first-order valence-corrected chi connectivity index (χ1v) is 12.8. The number of aliphatic hydroxyl groups is 1. The molecule has 2 saturated carbocycles. The Balaban J connectivity index is 1.53. The van der Waals surface area contributed by atoms with Gasteiger partial charge in [0.1, 0.15) is 5.75 Å². The van der Waals surface area contributed by atoms with E-state index >= 15 is 0 Å². The molecule has 1 heterocycles. The molecule has 208 valence electrons. The minimum atomic E-state index is -2.78. The highest BCUT2D eigenvalue weighted by Crippen LogP contribution is 2.51. The summed E-state index contributed by atoms with van der Waals surface area (Å²) in [5.41, 5.74) is 3.73. The van der Waals surface area contributed by atoms with Crippen LogP contribution >= 0.6 is 0 Å². The van der Waals surface area contributed by atoms with E-state index in [4.69, 9.17) is 5.73 Å². The second kappa shape index (κ2) is 9.72. The van der Waals surface area contributed by atoms with Crippen LogP contribution in [-0.4, -0.2) is 80.8 Å². The molecule has 5 N–H and O–H groups in total. The third kappa shape index (κ3) is 3.94. The number of ketones is 4. The van der Waals surface area contributed by atoms with Crippen molar-refractivity contribution >= 4 is 34.9 Å². The number of fused-ring (bicyclic) bond motifs is 3. The van der Waals surface area contributed by atoms with Crippen LogP contribution in [0.2, 0.25) is 0 Å². The number of nitrogens with one attached hydrogen (secondary N) is 1. The van der Waals surface area contributed by atoms with Crippen molar-refractivity contribution in [2.24, 2.45) is 29.4 Å². The maximum Gasteiger partial charge on any atom is 0.253 e. The number of likely N-dealkylation sites (N-methyl/N-ethyl adjacent to an activating group) is 1. The van der Waals surface area contributed by atoms with Crippen LogP contribution in [-0.2, 0) is 32.1 Å². The molecule has 1 aromatic carbocycles. The van der Waals surface area contributed by atoms with Crippen LogP contribution < -0.4 is 11.1 Å². The molecule has 2 fully saturated rings. The van der Waals surface area contributed by atoms with Crippen molar-refractivity contribution in [3.05, 3.63) is 58.9 Å². The fourth-order valence-corrected chi connectivity index (χ4v) is 6.61. The lowest BCUT2D eigenvalue weighted by Crippen LogP contribution is -2.74. The molecule has 2 amide bonds. The molecule has 2 aromatic rings. The Labute approximate surface area is 228 Å². The monoisotopic (exact) mass is 548 g/mol. The number of rotatable bonds is 5. The lowest BCUT2D eigenvalue weighted by molar-refractivity contribution is -0.181. The van der Waals surface area contributed by atoms with Gasteiger partial charge in [0.2, 0.25) is 5.91 Å². The van der Waals surface area contributed by atoms with Crippen molar-refractivity contribution in [1.82, 2.24) is 15.2 Å². The summed E-state index contributed by atoms with van der Waals surface area (Å²) in [4.78, 5) is 84.1. The molecule has 0 saturated heterocycles. The van der Waals surface area contributed by atoms with E-state index < -0.39 is 70.3 Å². The van der Waals surface area contributed by atoms with Crippen molar-refractivity contribution in [2.75, 3.05) is 14.1 Å². The van der Waals surface area contributed by atoms with E-state index in [1.165, 1.54) is 37.5 Å². The van der Waals surface area contributed by atoms with Crippen LogP contribution in [0.25, 0.3) is 0 Å². The minimum Gasteiger partial charge on any atom is -0.507 e. The predicted octanol–water partition coefficient (Wildman–Crippen LogP) is -0.808. The highest BCUT2D eigenvalue weighted by molar-refractivity contribution is 6.32. The summed E-state index contributed by atoms with van der Waals surface area (Å²) >= 11 is 0. The number of carbonyl (C=O) groups excluding carboxylic acids is 6. The molecular weight excluding hydrogens is 520 g/mol. The van der Waals surface area contributed by atoms with Crippen molar-refractivity contribution < 1.29 is 39.0 Å². The number of amides is 2. The summed E-state index contributed by atoms with van der Waals surface area (Å²) in [5.74, 6) is -11.5. The van der Waals surface area contributed by atoms with Gasteiger partial charge in [-0.05, 0) is 62.2 Å². The number of pyridine rings is 1. The number of Topliss-reactive ketones (excluding diaryl/α,β-unsaturated/α-hetero) is 4. The summed E-state index contributed by atoms with van der Waals surface area (Å²) in [6, 6.07) is 4.88. The first-order valence-electron chi connectivity index (χ1n) is 12.8. The third-order valence-electron chi connectivity index (χ3n) is 8.40. The number of carbonyl (C=O) groups is 6. The zero-order valence-electron chi connectivity index (χ0n) is 21.8. The molecule has 0 radical (unpaired) electrons. The fraction of sp³-hybridized carbons (Fsp3) is 0.393. The van der Waals surface area contributed by atoms with E-state index in [1.807, 2.05) is 0 Å². The van der Waals surface area contributed by atoms with Crippen LogP contribution in [0.5, 0.6) is 5.75 Å². The van der Waals surface area contributed by atoms with Gasteiger partial charge in [0.05, 0.1) is 23.1 Å². The highest BCUT2D eigenvalue weighted by atomic mass is 16.3. The zero-order valence-corrected chi connectivity index (χ0v) is 21.8. The van der Waals surface area contributed by atoms with Crippen molar-refractivity contribution in [3.63, 3.8) is 0 Å². The summed E-state index contributed by atoms with van der Waals surface area (Å²) in [5, 5.41) is 25.0. The fourth-order valence-electron chi connectivity index (χ4n) is 6.61. The molecule has 3 aliphatic rings. The maximum atomic E-state index is 13.8. The molecule has 40 heavy (non-hydrogen) atoms. The Hall–Kier alpha value is -4.29. The van der Waals surface area contributed by atoms with Gasteiger partial charge < -0.3 is 21.3 Å². The highest BCUT2D eigenvalue weighted by Gasteiger charge is 2.69. The summed E-state index contributed by atoms with van der Waals surface area (Å²) in [6.07, 6.45) is 2.99. The number of nitrogens with two attached hydrogens (primary N) is 1. The smallest absolute Gasteiger partial charge is 0.253 e. The third-order valence-corrected chi connectivity index (χ3v) is 8.40. The largest absolute Gasteiger partial charge is 0.507 e. The van der Waals surface area contributed by atoms with Gasteiger partial charge >= 0.3 is 0 Å². The summed E-state index contributed by atoms with van der Waals surface area (Å²) < 4.78 is 0. The number of aromatic nitrogens is 1. The van der Waals surface area contributed by atoms with Gasteiger partial charge in [0, 0.05) is 24.9 Å². The number of aromatic hydroxyl groups is 1. The predicted molar refractivity (Wildman–Crippen MR) is 137 cm³/mol. The average molecular weight is 549 g/mol. The van der Waals surface area contributed by atoms with Crippen LogP contribution in [0.3, 0.4) is 0 Å². The Morgan fingerprint density at radius 3 is 2.50 bits per heavy atom.